The molecule has 3 aromatic heterocycles. The highest BCUT2D eigenvalue weighted by molar-refractivity contribution is 5.74. The Balaban J connectivity index is 1.91. The average molecular weight is 451 g/mol. The monoisotopic (exact) mass is 450 g/mol. The molecule has 4 rings (SSSR count). The lowest BCUT2D eigenvalue weighted by Gasteiger charge is -2.31. The van der Waals surface area contributed by atoms with E-state index in [1.807, 2.05) is 24.5 Å². The molecule has 4 heterocycles. The number of nitrogens with two attached hydrogens (primary N) is 1. The van der Waals surface area contributed by atoms with E-state index in [4.69, 9.17) is 10.7 Å². The van der Waals surface area contributed by atoms with Gasteiger partial charge < -0.3 is 15.2 Å². The Morgan fingerprint density at radius 1 is 1.15 bits per heavy atom. The van der Waals surface area contributed by atoms with E-state index >= 15 is 0 Å². The van der Waals surface area contributed by atoms with Crippen molar-refractivity contribution in [2.24, 2.45) is 12.8 Å². The molecule has 1 aliphatic heterocycles. The molecule has 0 amide bonds. The van der Waals surface area contributed by atoms with E-state index in [9.17, 15) is 9.59 Å². The summed E-state index contributed by atoms with van der Waals surface area (Å²) in [5.41, 5.74) is 7.68. The summed E-state index contributed by atoms with van der Waals surface area (Å²) in [6, 6.07) is 1.90. The van der Waals surface area contributed by atoms with Crippen LogP contribution in [-0.4, -0.2) is 47.8 Å². The average Bonchev–Trinajstić information content (AvgIpc) is 3.14. The molecule has 0 unspecified atom stereocenters. The lowest BCUT2D eigenvalue weighted by molar-refractivity contribution is 0.493. The van der Waals surface area contributed by atoms with Crippen molar-refractivity contribution in [1.82, 2.24) is 28.7 Å². The number of hydrogen-bond donors (Lipinski definition) is 1. The Labute approximate surface area is 192 Å². The van der Waals surface area contributed by atoms with Crippen LogP contribution in [0.15, 0.2) is 15.7 Å². The second-order valence-corrected chi connectivity index (χ2v) is 8.56. The molecule has 1 fully saturated rings. The first-order chi connectivity index (χ1) is 15.8. The molecule has 0 radical (unpaired) electrons. The molecule has 0 spiro atoms. The largest absolute Gasteiger partial charge is 0.341 e. The van der Waals surface area contributed by atoms with Crippen molar-refractivity contribution in [3.63, 3.8) is 0 Å². The van der Waals surface area contributed by atoms with Crippen LogP contribution in [0.1, 0.15) is 43.4 Å². The number of aryl methyl sites for hydroxylation is 4. The first-order valence-electron chi connectivity index (χ1n) is 11.2. The lowest BCUT2D eigenvalue weighted by atomic mass is 10.1. The Kier molecular flexibility index (Phi) is 6.33. The molecule has 0 aromatic carbocycles. The quantitative estimate of drug-likeness (QED) is 0.569. The highest BCUT2D eigenvalue weighted by Crippen LogP contribution is 2.23. The summed E-state index contributed by atoms with van der Waals surface area (Å²) >= 11 is 0. The van der Waals surface area contributed by atoms with Crippen molar-refractivity contribution in [1.29, 1.82) is 0 Å². The third kappa shape index (κ3) is 4.41. The summed E-state index contributed by atoms with van der Waals surface area (Å²) in [7, 11) is 1.64. The fourth-order valence-electron chi connectivity index (χ4n) is 4.45. The van der Waals surface area contributed by atoms with Crippen molar-refractivity contribution < 1.29 is 0 Å². The number of hydrogen-bond acceptors (Lipinski definition) is 7. The lowest BCUT2D eigenvalue weighted by Crippen LogP contribution is -2.44. The summed E-state index contributed by atoms with van der Waals surface area (Å²) in [6.07, 6.45) is 2.48. The van der Waals surface area contributed by atoms with Crippen LogP contribution in [-0.2, 0) is 20.1 Å². The summed E-state index contributed by atoms with van der Waals surface area (Å²) in [5.74, 6) is 7.05. The van der Waals surface area contributed by atoms with Crippen LogP contribution in [0, 0.1) is 25.7 Å². The first-order valence-corrected chi connectivity index (χ1v) is 11.2. The standard InChI is InChI=1S/C23H30N8O2/c1-5-6-7-11-30-19-20(27-22(30)29-10-8-9-17(24)13-29)28(4)23(33)31(21(19)32)14-18-25-15(2)12-16(3)26-18/h12,17H,7-11,13-14,24H2,1-4H3/t17-/m1/s1. The van der Waals surface area contributed by atoms with Gasteiger partial charge in [-0.2, -0.15) is 4.98 Å². The van der Waals surface area contributed by atoms with Gasteiger partial charge in [-0.25, -0.2) is 14.8 Å². The van der Waals surface area contributed by atoms with Gasteiger partial charge in [-0.15, -0.1) is 11.8 Å². The Hall–Kier alpha value is -3.45. The zero-order chi connectivity index (χ0) is 23.7. The molecule has 1 atom stereocenters. The predicted molar refractivity (Wildman–Crippen MR) is 127 cm³/mol. The van der Waals surface area contributed by atoms with Crippen LogP contribution >= 0.6 is 0 Å². The second-order valence-electron chi connectivity index (χ2n) is 8.56. The van der Waals surface area contributed by atoms with Crippen molar-refractivity contribution in [2.75, 3.05) is 18.0 Å². The molecule has 0 bridgehead atoms. The normalized spacial score (nSPS) is 16.2. The molecule has 174 valence electrons. The molecule has 10 nitrogen and oxygen atoms in total. The summed E-state index contributed by atoms with van der Waals surface area (Å²) in [4.78, 5) is 42.5. The number of rotatable bonds is 5. The minimum Gasteiger partial charge on any atom is -0.341 e. The summed E-state index contributed by atoms with van der Waals surface area (Å²) in [6.45, 7) is 7.45. The highest BCUT2D eigenvalue weighted by Gasteiger charge is 2.26. The minimum atomic E-state index is -0.449. The van der Waals surface area contributed by atoms with Crippen molar-refractivity contribution >= 4 is 17.1 Å². The Bertz CT molecular complexity index is 1350. The summed E-state index contributed by atoms with van der Waals surface area (Å²) in [5, 5.41) is 0. The van der Waals surface area contributed by atoms with Crippen molar-refractivity contribution in [3.8, 4) is 11.8 Å². The van der Waals surface area contributed by atoms with Crippen LogP contribution in [0.5, 0.6) is 0 Å². The molecule has 10 heteroatoms. The van der Waals surface area contributed by atoms with Gasteiger partial charge in [-0.3, -0.25) is 13.9 Å². The maximum absolute atomic E-state index is 13.6. The topological polar surface area (TPSA) is 117 Å². The molecule has 1 aliphatic rings. The van der Waals surface area contributed by atoms with Crippen molar-refractivity contribution in [2.45, 2.75) is 59.2 Å². The van der Waals surface area contributed by atoms with Crippen LogP contribution in [0.4, 0.5) is 5.95 Å². The molecule has 3 aromatic rings. The van der Waals surface area contributed by atoms with Crippen LogP contribution in [0.2, 0.25) is 0 Å². The van der Waals surface area contributed by atoms with Gasteiger partial charge in [0.1, 0.15) is 5.82 Å². The van der Waals surface area contributed by atoms with Gasteiger partial charge in [-0.1, -0.05) is 0 Å². The van der Waals surface area contributed by atoms with E-state index in [2.05, 4.69) is 26.7 Å². The van der Waals surface area contributed by atoms with E-state index in [1.54, 1.807) is 14.0 Å². The Morgan fingerprint density at radius 2 is 1.88 bits per heavy atom. The maximum Gasteiger partial charge on any atom is 0.332 e. The molecule has 2 N–H and O–H groups in total. The maximum atomic E-state index is 13.6. The third-order valence-corrected chi connectivity index (χ3v) is 5.92. The van der Waals surface area contributed by atoms with E-state index in [1.165, 1.54) is 9.13 Å². The van der Waals surface area contributed by atoms with Gasteiger partial charge >= 0.3 is 5.69 Å². The molecular weight excluding hydrogens is 420 g/mol. The van der Waals surface area contributed by atoms with Gasteiger partial charge in [-0.05, 0) is 39.7 Å². The highest BCUT2D eigenvalue weighted by atomic mass is 16.2. The number of anilines is 1. The van der Waals surface area contributed by atoms with Crippen LogP contribution < -0.4 is 21.9 Å². The van der Waals surface area contributed by atoms with Crippen molar-refractivity contribution in [3.05, 3.63) is 44.1 Å². The van der Waals surface area contributed by atoms with E-state index in [0.717, 1.165) is 30.8 Å². The van der Waals surface area contributed by atoms with E-state index < -0.39 is 11.2 Å². The third-order valence-electron chi connectivity index (χ3n) is 5.92. The summed E-state index contributed by atoms with van der Waals surface area (Å²) < 4.78 is 4.50. The number of aromatic nitrogens is 6. The fourth-order valence-corrected chi connectivity index (χ4v) is 4.45. The molecule has 0 saturated carbocycles. The smallest absolute Gasteiger partial charge is 0.332 e. The number of imidazole rings is 1. The molecule has 33 heavy (non-hydrogen) atoms. The molecular formula is C23H30N8O2. The Morgan fingerprint density at radius 3 is 2.55 bits per heavy atom. The molecule has 0 aliphatic carbocycles. The zero-order valence-electron chi connectivity index (χ0n) is 19.6. The minimum absolute atomic E-state index is 0.00612. The van der Waals surface area contributed by atoms with E-state index in [0.29, 0.717) is 42.4 Å². The van der Waals surface area contributed by atoms with Crippen LogP contribution in [0.3, 0.4) is 0 Å². The number of fused-ring (bicyclic) bond motifs is 1. The van der Waals surface area contributed by atoms with Gasteiger partial charge in [0.15, 0.2) is 11.2 Å². The fraction of sp³-hybridized carbons (Fsp3) is 0.522. The second kappa shape index (κ2) is 9.19. The van der Waals surface area contributed by atoms with Gasteiger partial charge in [0.2, 0.25) is 5.95 Å². The number of nitrogens with zero attached hydrogens (tertiary/aromatic N) is 7. The molecule has 1 saturated heterocycles. The SMILES string of the molecule is CC#CCCn1c(N2CCC[C@@H](N)C2)nc2c1c(=O)n(Cc1nc(C)cc(C)n1)c(=O)n2C. The number of piperidine rings is 1. The zero-order valence-corrected chi connectivity index (χ0v) is 19.6. The first kappa shape index (κ1) is 22.7. The van der Waals surface area contributed by atoms with E-state index in [-0.39, 0.29) is 12.6 Å². The van der Waals surface area contributed by atoms with Gasteiger partial charge in [0.05, 0.1) is 6.54 Å². The van der Waals surface area contributed by atoms with Crippen LogP contribution in [0.25, 0.3) is 11.2 Å². The predicted octanol–water partition coefficient (Wildman–Crippen LogP) is 0.693. The van der Waals surface area contributed by atoms with Gasteiger partial charge in [0.25, 0.3) is 5.56 Å². The van der Waals surface area contributed by atoms with Gasteiger partial charge in [0, 0.05) is 50.5 Å².